The van der Waals surface area contributed by atoms with Gasteiger partial charge < -0.3 is 10.1 Å². The third kappa shape index (κ3) is 6.89. The largest absolute Gasteiger partial charge is 0.452 e. The number of halogens is 1. The van der Waals surface area contributed by atoms with Gasteiger partial charge in [0, 0.05) is 16.6 Å². The van der Waals surface area contributed by atoms with Crippen molar-refractivity contribution >= 4 is 33.9 Å². The number of aryl methyl sites for hydroxylation is 1. The van der Waals surface area contributed by atoms with E-state index in [0.29, 0.717) is 0 Å². The maximum absolute atomic E-state index is 11.6. The first-order valence-corrected chi connectivity index (χ1v) is 8.12. The van der Waals surface area contributed by atoms with Crippen molar-refractivity contribution in [3.05, 3.63) is 39.9 Å². The SMILES string of the molecule is CCC[C@@H](C)NC(=O)COC(=O)/C=C/c1ccc(C)cc1Br. The highest BCUT2D eigenvalue weighted by atomic mass is 79.9. The lowest BCUT2D eigenvalue weighted by Gasteiger charge is -2.12. The number of ether oxygens (including phenoxy) is 1. The van der Waals surface area contributed by atoms with Crippen LogP contribution in [0.4, 0.5) is 0 Å². The first-order chi connectivity index (χ1) is 10.4. The van der Waals surface area contributed by atoms with E-state index in [1.54, 1.807) is 6.08 Å². The molecule has 120 valence electrons. The molecule has 4 nitrogen and oxygen atoms in total. The second-order valence-electron chi connectivity index (χ2n) is 5.22. The van der Waals surface area contributed by atoms with E-state index in [-0.39, 0.29) is 18.6 Å². The van der Waals surface area contributed by atoms with E-state index >= 15 is 0 Å². The molecule has 0 aliphatic carbocycles. The van der Waals surface area contributed by atoms with Gasteiger partial charge in [-0.05, 0) is 43.5 Å². The zero-order valence-electron chi connectivity index (χ0n) is 13.2. The Morgan fingerprint density at radius 2 is 2.14 bits per heavy atom. The first kappa shape index (κ1) is 18.4. The fraction of sp³-hybridized carbons (Fsp3) is 0.412. The molecule has 1 aromatic rings. The molecule has 22 heavy (non-hydrogen) atoms. The normalized spacial score (nSPS) is 12.2. The molecule has 0 aliphatic rings. The third-order valence-corrected chi connectivity index (χ3v) is 3.72. The molecular weight excluding hydrogens is 346 g/mol. The molecule has 0 radical (unpaired) electrons. The van der Waals surface area contributed by atoms with Crippen molar-refractivity contribution in [2.24, 2.45) is 0 Å². The van der Waals surface area contributed by atoms with Gasteiger partial charge in [0.05, 0.1) is 0 Å². The van der Waals surface area contributed by atoms with E-state index in [4.69, 9.17) is 4.74 Å². The Balaban J connectivity index is 2.43. The topological polar surface area (TPSA) is 55.4 Å². The molecule has 0 heterocycles. The van der Waals surface area contributed by atoms with E-state index < -0.39 is 5.97 Å². The maximum Gasteiger partial charge on any atom is 0.331 e. The number of hydrogen-bond acceptors (Lipinski definition) is 3. The Morgan fingerprint density at radius 3 is 2.77 bits per heavy atom. The molecule has 1 atom stereocenters. The molecule has 1 rings (SSSR count). The summed E-state index contributed by atoms with van der Waals surface area (Å²) in [6.07, 6.45) is 4.87. The van der Waals surface area contributed by atoms with Crippen molar-refractivity contribution in [1.82, 2.24) is 5.32 Å². The lowest BCUT2D eigenvalue weighted by atomic mass is 10.1. The quantitative estimate of drug-likeness (QED) is 0.591. The van der Waals surface area contributed by atoms with E-state index in [9.17, 15) is 9.59 Å². The molecule has 0 unspecified atom stereocenters. The van der Waals surface area contributed by atoms with E-state index in [0.717, 1.165) is 28.4 Å². The number of carbonyl (C=O) groups is 2. The molecule has 1 amide bonds. The molecule has 0 aliphatic heterocycles. The summed E-state index contributed by atoms with van der Waals surface area (Å²) < 4.78 is 5.82. The van der Waals surface area contributed by atoms with Gasteiger partial charge in [0.15, 0.2) is 6.61 Å². The smallest absolute Gasteiger partial charge is 0.331 e. The van der Waals surface area contributed by atoms with Crippen LogP contribution in [-0.2, 0) is 14.3 Å². The standard InChI is InChI=1S/C17H22BrNO3/c1-4-5-13(3)19-16(20)11-22-17(21)9-8-14-7-6-12(2)10-15(14)18/h6-10,13H,4-5,11H2,1-3H3,(H,19,20)/b9-8+/t13-/m1/s1. The number of rotatable bonds is 7. The van der Waals surface area contributed by atoms with Crippen LogP contribution in [0.5, 0.6) is 0 Å². The number of nitrogens with one attached hydrogen (secondary N) is 1. The van der Waals surface area contributed by atoms with Crippen molar-refractivity contribution in [3.8, 4) is 0 Å². The Kier molecular flexibility index (Phi) is 7.88. The van der Waals surface area contributed by atoms with E-state index in [1.807, 2.05) is 32.0 Å². The third-order valence-electron chi connectivity index (χ3n) is 3.03. The van der Waals surface area contributed by atoms with Crippen molar-refractivity contribution < 1.29 is 14.3 Å². The van der Waals surface area contributed by atoms with E-state index in [1.165, 1.54) is 6.08 Å². The van der Waals surface area contributed by atoms with Gasteiger partial charge in [-0.3, -0.25) is 4.79 Å². The Bertz CT molecular complexity index is 555. The summed E-state index contributed by atoms with van der Waals surface area (Å²) in [7, 11) is 0. The zero-order chi connectivity index (χ0) is 16.5. The summed E-state index contributed by atoms with van der Waals surface area (Å²) in [5, 5.41) is 2.78. The number of carbonyl (C=O) groups excluding carboxylic acids is 2. The summed E-state index contributed by atoms with van der Waals surface area (Å²) in [4.78, 5) is 23.2. The Hall–Kier alpha value is -1.62. The van der Waals surface area contributed by atoms with Gasteiger partial charge >= 0.3 is 5.97 Å². The number of esters is 1. The number of amides is 1. The van der Waals surface area contributed by atoms with E-state index in [2.05, 4.69) is 28.2 Å². The van der Waals surface area contributed by atoms with Crippen LogP contribution in [0.1, 0.15) is 37.8 Å². The lowest BCUT2D eigenvalue weighted by Crippen LogP contribution is -2.35. The average Bonchev–Trinajstić information content (AvgIpc) is 2.44. The molecule has 5 heteroatoms. The van der Waals surface area contributed by atoms with Crippen LogP contribution in [0.2, 0.25) is 0 Å². The van der Waals surface area contributed by atoms with Crippen molar-refractivity contribution in [3.63, 3.8) is 0 Å². The van der Waals surface area contributed by atoms with Gasteiger partial charge in [-0.15, -0.1) is 0 Å². The second-order valence-corrected chi connectivity index (χ2v) is 6.08. The summed E-state index contributed by atoms with van der Waals surface area (Å²) in [6, 6.07) is 5.92. The maximum atomic E-state index is 11.6. The fourth-order valence-corrected chi connectivity index (χ4v) is 2.56. The van der Waals surface area contributed by atoms with Gasteiger partial charge in [0.1, 0.15) is 0 Å². The summed E-state index contributed by atoms with van der Waals surface area (Å²) >= 11 is 3.43. The van der Waals surface area contributed by atoms with Crippen LogP contribution in [0, 0.1) is 6.92 Å². The number of benzene rings is 1. The predicted octanol–water partition coefficient (Wildman–Crippen LogP) is 3.62. The first-order valence-electron chi connectivity index (χ1n) is 7.32. The van der Waals surface area contributed by atoms with Crippen LogP contribution >= 0.6 is 15.9 Å². The summed E-state index contributed by atoms with van der Waals surface area (Å²) in [5.41, 5.74) is 2.01. The molecule has 0 saturated carbocycles. The molecule has 0 spiro atoms. The van der Waals surface area contributed by atoms with Crippen molar-refractivity contribution in [2.45, 2.75) is 39.7 Å². The highest BCUT2D eigenvalue weighted by Gasteiger charge is 2.08. The minimum atomic E-state index is -0.536. The Morgan fingerprint density at radius 1 is 1.41 bits per heavy atom. The van der Waals surface area contributed by atoms with Crippen LogP contribution in [0.15, 0.2) is 28.7 Å². The van der Waals surface area contributed by atoms with Crippen LogP contribution in [-0.4, -0.2) is 24.5 Å². The van der Waals surface area contributed by atoms with Crippen molar-refractivity contribution in [1.29, 1.82) is 0 Å². The van der Waals surface area contributed by atoms with Crippen LogP contribution in [0.25, 0.3) is 6.08 Å². The highest BCUT2D eigenvalue weighted by molar-refractivity contribution is 9.10. The predicted molar refractivity (Wildman–Crippen MR) is 91.4 cm³/mol. The van der Waals surface area contributed by atoms with Gasteiger partial charge in [-0.2, -0.15) is 0 Å². The second kappa shape index (κ2) is 9.41. The summed E-state index contributed by atoms with van der Waals surface area (Å²) in [5.74, 6) is -0.815. The molecule has 0 fully saturated rings. The molecule has 0 aromatic heterocycles. The zero-order valence-corrected chi connectivity index (χ0v) is 14.8. The minimum absolute atomic E-state index is 0.0928. The summed E-state index contributed by atoms with van der Waals surface area (Å²) in [6.45, 7) is 5.71. The monoisotopic (exact) mass is 367 g/mol. The fourth-order valence-electron chi connectivity index (χ4n) is 1.93. The molecular formula is C17H22BrNO3. The average molecular weight is 368 g/mol. The molecule has 1 N–H and O–H groups in total. The molecule has 1 aromatic carbocycles. The minimum Gasteiger partial charge on any atom is -0.452 e. The molecule has 0 saturated heterocycles. The van der Waals surface area contributed by atoms with Gasteiger partial charge in [-0.1, -0.05) is 41.4 Å². The van der Waals surface area contributed by atoms with Gasteiger partial charge in [-0.25, -0.2) is 4.79 Å². The highest BCUT2D eigenvalue weighted by Crippen LogP contribution is 2.19. The Labute approximate surface area is 140 Å². The van der Waals surface area contributed by atoms with Crippen LogP contribution < -0.4 is 5.32 Å². The van der Waals surface area contributed by atoms with Gasteiger partial charge in [0.2, 0.25) is 0 Å². The van der Waals surface area contributed by atoms with Crippen molar-refractivity contribution in [2.75, 3.05) is 6.61 Å². The lowest BCUT2D eigenvalue weighted by molar-refractivity contribution is -0.144. The molecule has 0 bridgehead atoms. The van der Waals surface area contributed by atoms with Gasteiger partial charge in [0.25, 0.3) is 5.91 Å². The number of hydrogen-bond donors (Lipinski definition) is 1. The van der Waals surface area contributed by atoms with Crippen LogP contribution in [0.3, 0.4) is 0 Å².